The first-order valence-electron chi connectivity index (χ1n) is 6.00. The van der Waals surface area contributed by atoms with Crippen molar-refractivity contribution in [3.8, 4) is 5.75 Å². The van der Waals surface area contributed by atoms with E-state index in [1.807, 2.05) is 0 Å². The smallest absolute Gasteiger partial charge is 0.341 e. The monoisotopic (exact) mass is 281 g/mol. The lowest BCUT2D eigenvalue weighted by molar-refractivity contribution is -0.113. The Balaban J connectivity index is 0.000000621. The van der Waals surface area contributed by atoms with Gasteiger partial charge in [0.2, 0.25) is 5.91 Å². The van der Waals surface area contributed by atoms with E-state index in [2.05, 4.69) is 12.3 Å². The first-order valence-corrected chi connectivity index (χ1v) is 6.00. The molecule has 0 aliphatic carbocycles. The molecule has 0 saturated heterocycles. The predicted octanol–water partition coefficient (Wildman–Crippen LogP) is 0.979. The largest absolute Gasteiger partial charge is 0.507 e. The maximum atomic E-state index is 11.4. The van der Waals surface area contributed by atoms with Crippen molar-refractivity contribution in [1.29, 1.82) is 0 Å². The van der Waals surface area contributed by atoms with Crippen LogP contribution in [0.4, 0.5) is 0 Å². The number of hydrogen-bond acceptors (Lipinski definition) is 5. The van der Waals surface area contributed by atoms with E-state index in [4.69, 9.17) is 9.84 Å². The Morgan fingerprint density at radius 3 is 2.40 bits per heavy atom. The molecule has 110 valence electrons. The number of phenols is 1. The van der Waals surface area contributed by atoms with E-state index in [0.717, 1.165) is 6.08 Å². The highest BCUT2D eigenvalue weighted by Crippen LogP contribution is 2.16. The number of unbranched alkanes of at least 4 members (excludes halogenated alkanes) is 1. The van der Waals surface area contributed by atoms with Crippen molar-refractivity contribution in [2.45, 2.75) is 12.8 Å². The van der Waals surface area contributed by atoms with Gasteiger partial charge < -0.3 is 20.7 Å². The van der Waals surface area contributed by atoms with Crippen molar-refractivity contribution in [1.82, 2.24) is 0 Å². The number of aliphatic hydroxyl groups excluding tert-OH is 1. The van der Waals surface area contributed by atoms with Gasteiger partial charge in [0.25, 0.3) is 0 Å². The lowest BCUT2D eigenvalue weighted by atomic mass is 10.2. The molecular formula is C14H19NO5. The zero-order chi connectivity index (χ0) is 15.4. The van der Waals surface area contributed by atoms with Gasteiger partial charge >= 0.3 is 5.97 Å². The Kier molecular flexibility index (Phi) is 9.33. The molecule has 4 N–H and O–H groups in total. The number of aliphatic hydroxyl groups is 1. The van der Waals surface area contributed by atoms with Crippen molar-refractivity contribution in [3.63, 3.8) is 0 Å². The molecule has 0 spiro atoms. The maximum absolute atomic E-state index is 11.4. The third kappa shape index (κ3) is 7.88. The molecule has 1 amide bonds. The molecule has 0 atom stereocenters. The van der Waals surface area contributed by atoms with Gasteiger partial charge in [0, 0.05) is 6.61 Å². The van der Waals surface area contributed by atoms with E-state index in [9.17, 15) is 14.7 Å². The Bertz CT molecular complexity index is 445. The van der Waals surface area contributed by atoms with Crippen LogP contribution >= 0.6 is 0 Å². The summed E-state index contributed by atoms with van der Waals surface area (Å²) >= 11 is 0. The highest BCUT2D eigenvalue weighted by molar-refractivity contribution is 5.92. The average molecular weight is 281 g/mol. The number of carbonyl (C=O) groups is 2. The summed E-state index contributed by atoms with van der Waals surface area (Å²) in [5.41, 5.74) is 4.70. The van der Waals surface area contributed by atoms with Gasteiger partial charge in [0.15, 0.2) is 0 Å². The van der Waals surface area contributed by atoms with Crippen LogP contribution in [-0.4, -0.2) is 35.3 Å². The van der Waals surface area contributed by atoms with E-state index in [0.29, 0.717) is 12.8 Å². The Morgan fingerprint density at radius 2 is 1.90 bits per heavy atom. The molecule has 1 aromatic rings. The second-order valence-electron chi connectivity index (χ2n) is 3.69. The van der Waals surface area contributed by atoms with E-state index in [1.54, 1.807) is 12.1 Å². The van der Waals surface area contributed by atoms with Gasteiger partial charge in [0.1, 0.15) is 11.3 Å². The summed E-state index contributed by atoms with van der Waals surface area (Å²) in [4.78, 5) is 20.9. The van der Waals surface area contributed by atoms with Crippen LogP contribution < -0.4 is 5.73 Å². The fourth-order valence-electron chi connectivity index (χ4n) is 1.10. The van der Waals surface area contributed by atoms with Gasteiger partial charge in [-0.2, -0.15) is 0 Å². The Morgan fingerprint density at radius 1 is 1.30 bits per heavy atom. The number of ether oxygens (including phenoxy) is 1. The molecule has 0 unspecified atom stereocenters. The Hall–Kier alpha value is -2.34. The van der Waals surface area contributed by atoms with Crippen molar-refractivity contribution in [2.24, 2.45) is 5.73 Å². The number of aromatic hydroxyl groups is 1. The van der Waals surface area contributed by atoms with Gasteiger partial charge in [-0.3, -0.25) is 4.79 Å². The highest BCUT2D eigenvalue weighted by atomic mass is 16.5. The molecule has 1 rings (SSSR count). The van der Waals surface area contributed by atoms with Gasteiger partial charge in [-0.25, -0.2) is 4.79 Å². The fraction of sp³-hybridized carbons (Fsp3) is 0.286. The summed E-state index contributed by atoms with van der Waals surface area (Å²) in [5.74, 6) is -1.10. The van der Waals surface area contributed by atoms with Crippen LogP contribution in [-0.2, 0) is 9.53 Å². The summed E-state index contributed by atoms with van der Waals surface area (Å²) in [5, 5.41) is 17.9. The van der Waals surface area contributed by atoms with Crippen molar-refractivity contribution < 1.29 is 24.5 Å². The molecule has 0 saturated carbocycles. The molecule has 0 heterocycles. The van der Waals surface area contributed by atoms with Crippen molar-refractivity contribution in [3.05, 3.63) is 42.5 Å². The first-order chi connectivity index (χ1) is 9.52. The van der Waals surface area contributed by atoms with E-state index in [-0.39, 0.29) is 24.5 Å². The maximum Gasteiger partial charge on any atom is 0.341 e. The van der Waals surface area contributed by atoms with Crippen LogP contribution in [0.25, 0.3) is 0 Å². The van der Waals surface area contributed by atoms with Crippen LogP contribution in [0, 0.1) is 0 Å². The highest BCUT2D eigenvalue weighted by Gasteiger charge is 2.10. The van der Waals surface area contributed by atoms with Crippen LogP contribution in [0.15, 0.2) is 36.9 Å². The quantitative estimate of drug-likeness (QED) is 0.409. The van der Waals surface area contributed by atoms with E-state index >= 15 is 0 Å². The second-order valence-corrected chi connectivity index (χ2v) is 3.69. The van der Waals surface area contributed by atoms with Crippen LogP contribution in [0.3, 0.4) is 0 Å². The molecule has 20 heavy (non-hydrogen) atoms. The molecule has 0 aliphatic heterocycles. The lowest BCUT2D eigenvalue weighted by Crippen LogP contribution is -2.06. The molecule has 0 bridgehead atoms. The minimum absolute atomic E-state index is 0.0790. The Labute approximate surface area is 117 Å². The summed E-state index contributed by atoms with van der Waals surface area (Å²) in [7, 11) is 0. The van der Waals surface area contributed by atoms with Crippen LogP contribution in [0.1, 0.15) is 23.2 Å². The third-order valence-corrected chi connectivity index (χ3v) is 2.11. The topological polar surface area (TPSA) is 110 Å². The van der Waals surface area contributed by atoms with Gasteiger partial charge in [-0.1, -0.05) is 18.7 Å². The molecule has 0 aliphatic rings. The minimum atomic E-state index is -0.536. The number of esters is 1. The first kappa shape index (κ1) is 17.7. The minimum Gasteiger partial charge on any atom is -0.507 e. The normalized spacial score (nSPS) is 9.05. The standard InChI is InChI=1S/C11H14O4.C3H5NO/c12-7-3-4-8-15-11(14)9-5-1-2-6-10(9)13;1-2-3(4)5/h1-2,5-6,12-13H,3-4,7-8H2;2H,1H2,(H2,4,5). The zero-order valence-electron chi connectivity index (χ0n) is 11.1. The van der Waals surface area contributed by atoms with Gasteiger partial charge in [0.05, 0.1) is 6.61 Å². The van der Waals surface area contributed by atoms with Crippen molar-refractivity contribution >= 4 is 11.9 Å². The predicted molar refractivity (Wildman–Crippen MR) is 74.1 cm³/mol. The molecular weight excluding hydrogens is 262 g/mol. The van der Waals surface area contributed by atoms with E-state index in [1.165, 1.54) is 12.1 Å². The fourth-order valence-corrected chi connectivity index (χ4v) is 1.10. The SMILES string of the molecule is C=CC(N)=O.O=C(OCCCCO)c1ccccc1O. The zero-order valence-corrected chi connectivity index (χ0v) is 11.1. The summed E-state index contributed by atoms with van der Waals surface area (Å²) in [6.07, 6.45) is 2.28. The number of hydrogen-bond donors (Lipinski definition) is 3. The molecule has 1 aromatic carbocycles. The van der Waals surface area contributed by atoms with Crippen molar-refractivity contribution in [2.75, 3.05) is 13.2 Å². The third-order valence-electron chi connectivity index (χ3n) is 2.11. The average Bonchev–Trinajstić information content (AvgIpc) is 2.44. The number of benzene rings is 1. The van der Waals surface area contributed by atoms with E-state index < -0.39 is 11.9 Å². The molecule has 0 fully saturated rings. The molecule has 0 radical (unpaired) electrons. The number of carbonyl (C=O) groups excluding carboxylic acids is 2. The summed E-state index contributed by atoms with van der Waals surface area (Å²) in [6, 6.07) is 6.23. The molecule has 0 aromatic heterocycles. The number of nitrogens with two attached hydrogens (primary N) is 1. The summed E-state index contributed by atoms with van der Waals surface area (Å²) in [6.45, 7) is 3.43. The van der Waals surface area contributed by atoms with Crippen LogP contribution in [0.2, 0.25) is 0 Å². The second kappa shape index (κ2) is 10.6. The molecule has 6 nitrogen and oxygen atoms in total. The molecule has 6 heteroatoms. The summed E-state index contributed by atoms with van der Waals surface area (Å²) < 4.78 is 4.90. The van der Waals surface area contributed by atoms with Crippen LogP contribution in [0.5, 0.6) is 5.75 Å². The number of phenolic OH excluding ortho intramolecular Hbond substituents is 1. The van der Waals surface area contributed by atoms with Gasteiger partial charge in [-0.15, -0.1) is 0 Å². The number of amides is 1. The number of primary amides is 1. The number of rotatable bonds is 6. The number of para-hydroxylation sites is 1. The van der Waals surface area contributed by atoms with Gasteiger partial charge in [-0.05, 0) is 31.1 Å². The lowest BCUT2D eigenvalue weighted by Gasteiger charge is -2.05.